The first-order valence-electron chi connectivity index (χ1n) is 14.3. The Morgan fingerprint density at radius 3 is 2.47 bits per heavy atom. The van der Waals surface area contributed by atoms with Crippen LogP contribution in [-0.2, 0) is 20.8 Å². The van der Waals surface area contributed by atoms with Crippen molar-refractivity contribution in [2.45, 2.75) is 51.0 Å². The molecule has 0 spiro atoms. The summed E-state index contributed by atoms with van der Waals surface area (Å²) in [5.74, 6) is -0.676. The molecule has 0 unspecified atom stereocenters. The van der Waals surface area contributed by atoms with Crippen LogP contribution in [-0.4, -0.2) is 91.3 Å². The molecule has 15 heteroatoms. The summed E-state index contributed by atoms with van der Waals surface area (Å²) in [5, 5.41) is 0.483. The van der Waals surface area contributed by atoms with Gasteiger partial charge in [-0.1, -0.05) is 23.7 Å². The molecular weight excluding hydrogens is 616 g/mol. The zero-order valence-corrected chi connectivity index (χ0v) is 25.3. The number of alkyl halides is 2. The molecule has 4 rings (SSSR count). The van der Waals surface area contributed by atoms with Crippen LogP contribution in [0.15, 0.2) is 47.7 Å². The molecule has 2 aliphatic heterocycles. The van der Waals surface area contributed by atoms with Crippen molar-refractivity contribution in [3.05, 3.63) is 64.6 Å². The molecule has 0 atom stereocenters. The average molecular weight is 650 g/mol. The summed E-state index contributed by atoms with van der Waals surface area (Å²) >= 11 is 6.02. The highest BCUT2D eigenvalue weighted by atomic mass is 35.5. The van der Waals surface area contributed by atoms with Crippen molar-refractivity contribution < 1.29 is 42.1 Å². The number of piperidine rings is 1. The largest absolute Gasteiger partial charge is 0.489 e. The first-order valence-corrected chi connectivity index (χ1v) is 14.6. The van der Waals surface area contributed by atoms with Gasteiger partial charge in [-0.05, 0) is 17.7 Å². The maximum atomic E-state index is 13.9. The number of nitrogens with zero attached hydrogens (tertiary/aromatic N) is 4. The van der Waals surface area contributed by atoms with Gasteiger partial charge in [0, 0.05) is 79.6 Å². The molecule has 2 aliphatic rings. The lowest BCUT2D eigenvalue weighted by Crippen LogP contribution is -2.42. The normalized spacial score (nSPS) is 16.6. The number of imide groups is 1. The number of aliphatic imine (C=N–C) groups is 1. The monoisotopic (exact) mass is 649 g/mol. The fourth-order valence-corrected chi connectivity index (χ4v) is 4.93. The van der Waals surface area contributed by atoms with E-state index in [0.717, 1.165) is 17.3 Å². The van der Waals surface area contributed by atoms with Gasteiger partial charge in [0.05, 0.1) is 26.9 Å². The predicted molar refractivity (Wildman–Crippen MR) is 160 cm³/mol. The minimum absolute atomic E-state index is 0.0701. The summed E-state index contributed by atoms with van der Waals surface area (Å²) in [4.78, 5) is 49.0. The number of carbonyl (C=O) groups is 3. The van der Waals surface area contributed by atoms with Crippen LogP contribution in [0, 0.1) is 0 Å². The van der Waals surface area contributed by atoms with E-state index in [1.54, 1.807) is 24.3 Å². The lowest BCUT2D eigenvalue weighted by molar-refractivity contribution is -0.00940. The van der Waals surface area contributed by atoms with Gasteiger partial charge in [0.2, 0.25) is 0 Å². The smallest absolute Gasteiger partial charge is 0.417 e. The van der Waals surface area contributed by atoms with Gasteiger partial charge >= 0.3 is 18.7 Å². The minimum Gasteiger partial charge on any atom is -0.489 e. The summed E-state index contributed by atoms with van der Waals surface area (Å²) in [5.41, 5.74) is 6.45. The van der Waals surface area contributed by atoms with Gasteiger partial charge in [0.25, 0.3) is 5.91 Å². The number of benzene rings is 1. The van der Waals surface area contributed by atoms with E-state index in [2.05, 4.69) is 9.98 Å². The van der Waals surface area contributed by atoms with Crippen molar-refractivity contribution in [1.29, 1.82) is 0 Å². The summed E-state index contributed by atoms with van der Waals surface area (Å²) in [7, 11) is 1.30. The van der Waals surface area contributed by atoms with Crippen LogP contribution < -0.4 is 10.5 Å². The second-order valence-corrected chi connectivity index (χ2v) is 10.7. The second kappa shape index (κ2) is 16.1. The molecule has 0 saturated carbocycles. The van der Waals surface area contributed by atoms with E-state index in [1.165, 1.54) is 24.3 Å². The fourth-order valence-electron chi connectivity index (χ4n) is 4.80. The first kappa shape index (κ1) is 33.6. The summed E-state index contributed by atoms with van der Waals surface area (Å²) < 4.78 is 47.8. The standard InChI is InChI=1S/C30H34ClF2N5O7/c1-42-29(40)37-10-6-22(7-11-37)44-26-14-25(35-17-24(26)20(15-34)16-36-28(32)33)27(39)38(18-19-2-4-21(31)5-3-19)30(41)45-23-8-12-43-13-9-23/h2-5,14-17,22-23,28H,6-13,18,34H2,1H3/b20-15+,36-16+. The molecule has 1 aromatic heterocycles. The van der Waals surface area contributed by atoms with E-state index in [-0.39, 0.29) is 29.1 Å². The number of ether oxygens (including phenoxy) is 4. The van der Waals surface area contributed by atoms with E-state index in [9.17, 15) is 23.2 Å². The van der Waals surface area contributed by atoms with Crippen LogP contribution in [0.3, 0.4) is 0 Å². The van der Waals surface area contributed by atoms with E-state index in [0.29, 0.717) is 62.6 Å². The molecule has 2 fully saturated rings. The number of carbonyl (C=O) groups excluding carboxylic acids is 3. The van der Waals surface area contributed by atoms with Gasteiger partial charge in [0.15, 0.2) is 0 Å². The topological polar surface area (TPSA) is 146 Å². The van der Waals surface area contributed by atoms with Gasteiger partial charge in [-0.15, -0.1) is 0 Å². The summed E-state index contributed by atoms with van der Waals surface area (Å²) in [6.07, 6.45) is 2.85. The molecule has 0 aliphatic carbocycles. The van der Waals surface area contributed by atoms with Crippen molar-refractivity contribution in [2.75, 3.05) is 33.4 Å². The molecule has 0 bridgehead atoms. The zero-order valence-electron chi connectivity index (χ0n) is 24.6. The number of aromatic nitrogens is 1. The van der Waals surface area contributed by atoms with Crippen molar-refractivity contribution in [1.82, 2.24) is 14.8 Å². The fraction of sp³-hybridized carbons (Fsp3) is 0.433. The quantitative estimate of drug-likeness (QED) is 0.296. The Hall–Kier alpha value is -4.30. The number of likely N-dealkylation sites (tertiary alicyclic amines) is 1. The molecular formula is C30H34ClF2N5O7. The van der Waals surface area contributed by atoms with Gasteiger partial charge in [0.1, 0.15) is 23.7 Å². The lowest BCUT2D eigenvalue weighted by Gasteiger charge is -2.31. The van der Waals surface area contributed by atoms with Gasteiger partial charge in [-0.25, -0.2) is 19.5 Å². The Balaban J connectivity index is 1.65. The third-order valence-electron chi connectivity index (χ3n) is 7.23. The van der Waals surface area contributed by atoms with Crippen molar-refractivity contribution in [3.8, 4) is 5.75 Å². The molecule has 3 amide bonds. The first-order chi connectivity index (χ1) is 21.7. The number of amides is 3. The molecule has 12 nitrogen and oxygen atoms in total. The van der Waals surface area contributed by atoms with Gasteiger partial charge < -0.3 is 29.6 Å². The van der Waals surface area contributed by atoms with E-state index in [4.69, 9.17) is 36.3 Å². The molecule has 2 N–H and O–H groups in total. The average Bonchev–Trinajstić information content (AvgIpc) is 3.05. The molecule has 2 saturated heterocycles. The lowest BCUT2D eigenvalue weighted by atomic mass is 10.1. The SMILES string of the molecule is COC(=O)N1CCC(Oc2cc(C(=O)N(Cc3ccc(Cl)cc3)C(=O)OC3CCOCC3)ncc2C(=C/N)/C=N/C(F)F)CC1. The number of allylic oxidation sites excluding steroid dienone is 1. The zero-order chi connectivity index (χ0) is 32.3. The highest BCUT2D eigenvalue weighted by Crippen LogP contribution is 2.29. The van der Waals surface area contributed by atoms with Crippen molar-refractivity contribution in [2.24, 2.45) is 10.7 Å². The van der Waals surface area contributed by atoms with Gasteiger partial charge in [-0.3, -0.25) is 9.78 Å². The van der Waals surface area contributed by atoms with Crippen LogP contribution in [0.1, 0.15) is 47.3 Å². The molecule has 0 radical (unpaired) electrons. The van der Waals surface area contributed by atoms with Crippen LogP contribution in [0.4, 0.5) is 18.4 Å². The number of methoxy groups -OCH3 is 1. The molecule has 242 valence electrons. The third kappa shape index (κ3) is 9.35. The van der Waals surface area contributed by atoms with E-state index in [1.807, 2.05) is 0 Å². The highest BCUT2D eigenvalue weighted by molar-refractivity contribution is 6.30. The Bertz CT molecular complexity index is 1400. The summed E-state index contributed by atoms with van der Waals surface area (Å²) in [6, 6.07) is 7.94. The maximum absolute atomic E-state index is 13.9. The third-order valence-corrected chi connectivity index (χ3v) is 7.48. The molecule has 1 aromatic carbocycles. The van der Waals surface area contributed by atoms with E-state index >= 15 is 0 Å². The summed E-state index contributed by atoms with van der Waals surface area (Å²) in [6.45, 7) is -1.57. The Morgan fingerprint density at radius 1 is 1.16 bits per heavy atom. The molecule has 3 heterocycles. The number of rotatable bonds is 9. The highest BCUT2D eigenvalue weighted by Gasteiger charge is 2.31. The Labute approximate surface area is 263 Å². The number of hydrogen-bond acceptors (Lipinski definition) is 10. The van der Waals surface area contributed by atoms with Crippen LogP contribution in [0.5, 0.6) is 5.75 Å². The Kier molecular flexibility index (Phi) is 12.0. The van der Waals surface area contributed by atoms with Crippen molar-refractivity contribution in [3.63, 3.8) is 0 Å². The van der Waals surface area contributed by atoms with Gasteiger partial charge in [-0.2, -0.15) is 8.78 Å². The maximum Gasteiger partial charge on any atom is 0.417 e. The Morgan fingerprint density at radius 2 is 1.84 bits per heavy atom. The second-order valence-electron chi connectivity index (χ2n) is 10.2. The van der Waals surface area contributed by atoms with E-state index < -0.39 is 36.9 Å². The number of nitrogens with two attached hydrogens (primary N) is 1. The number of pyridine rings is 1. The molecule has 2 aromatic rings. The van der Waals surface area contributed by atoms with Crippen molar-refractivity contribution >= 4 is 41.5 Å². The van der Waals surface area contributed by atoms with Crippen LogP contribution in [0.25, 0.3) is 5.57 Å². The number of hydrogen-bond donors (Lipinski definition) is 1. The van der Waals surface area contributed by atoms with Crippen LogP contribution >= 0.6 is 11.6 Å². The van der Waals surface area contributed by atoms with Crippen LogP contribution in [0.2, 0.25) is 5.02 Å². The number of halogens is 3. The minimum atomic E-state index is -2.98. The molecule has 45 heavy (non-hydrogen) atoms. The predicted octanol–water partition coefficient (Wildman–Crippen LogP) is 4.90.